The van der Waals surface area contributed by atoms with Gasteiger partial charge in [0.05, 0.1) is 30.8 Å². The molecule has 39 heavy (non-hydrogen) atoms. The minimum atomic E-state index is -1.62. The van der Waals surface area contributed by atoms with Crippen LogP contribution in [0.25, 0.3) is 21.7 Å². The van der Waals surface area contributed by atoms with Crippen LogP contribution >= 0.6 is 0 Å². The number of hydrogen-bond donors (Lipinski definition) is 7. The lowest BCUT2D eigenvalue weighted by molar-refractivity contribution is -0.277. The molecule has 2 saturated heterocycles. The lowest BCUT2D eigenvalue weighted by atomic mass is 9.91. The van der Waals surface area contributed by atoms with E-state index in [1.165, 1.54) is 18.2 Å². The third-order valence-corrected chi connectivity index (χ3v) is 7.25. The van der Waals surface area contributed by atoms with E-state index in [9.17, 15) is 40.5 Å². The number of hydrogen-bond acceptors (Lipinski definition) is 13. The monoisotopic (exact) mass is 550 g/mol. The summed E-state index contributed by atoms with van der Waals surface area (Å²) in [7, 11) is 0. The third-order valence-electron chi connectivity index (χ3n) is 7.25. The van der Waals surface area contributed by atoms with Crippen molar-refractivity contribution in [3.8, 4) is 11.5 Å². The first-order valence-electron chi connectivity index (χ1n) is 12.4. The molecule has 10 unspecified atom stereocenters. The van der Waals surface area contributed by atoms with E-state index in [-0.39, 0.29) is 29.1 Å². The van der Waals surface area contributed by atoms with Gasteiger partial charge in [-0.05, 0) is 30.3 Å². The SMILES string of the molecule is CC1C(CO)OC(Oc2ccc3c(c2)oc(=O)c2cc(OC4OC(CO)C(O)C(O)C4O)ccc23)C(O)C1O. The van der Waals surface area contributed by atoms with E-state index in [1.807, 2.05) is 0 Å². The van der Waals surface area contributed by atoms with Crippen LogP contribution in [-0.4, -0.2) is 104 Å². The Hall–Kier alpha value is -2.85. The van der Waals surface area contributed by atoms with Crippen LogP contribution in [0.2, 0.25) is 0 Å². The first kappa shape index (κ1) is 27.7. The van der Waals surface area contributed by atoms with E-state index in [2.05, 4.69) is 0 Å². The van der Waals surface area contributed by atoms with Gasteiger partial charge in [-0.25, -0.2) is 4.79 Å². The molecule has 3 aromatic rings. The van der Waals surface area contributed by atoms with Gasteiger partial charge >= 0.3 is 5.63 Å². The summed E-state index contributed by atoms with van der Waals surface area (Å²) in [5.41, 5.74) is -0.544. The summed E-state index contributed by atoms with van der Waals surface area (Å²) in [5.74, 6) is -0.219. The Kier molecular flexibility index (Phi) is 7.79. The van der Waals surface area contributed by atoms with E-state index in [4.69, 9.17) is 23.4 Å². The fraction of sp³-hybridized carbons (Fsp3) is 0.500. The van der Waals surface area contributed by atoms with Gasteiger partial charge in [0.1, 0.15) is 47.6 Å². The minimum absolute atomic E-state index is 0.105. The second-order valence-corrected chi connectivity index (χ2v) is 9.75. The standard InChI is InChI=1S/C26H30O13/c1-10-17(8-27)38-25(22(32)19(10)29)36-12-3-5-14-13-4-2-11(6-15(13)24(34)37-16(14)7-12)35-26-23(33)21(31)20(30)18(9-28)39-26/h2-7,10,17-23,25-33H,8-9H2,1H3. The highest BCUT2D eigenvalue weighted by Crippen LogP contribution is 2.32. The average Bonchev–Trinajstić information content (AvgIpc) is 2.93. The Morgan fingerprint density at radius 3 is 1.90 bits per heavy atom. The maximum atomic E-state index is 12.8. The largest absolute Gasteiger partial charge is 0.462 e. The molecule has 1 aromatic heterocycles. The van der Waals surface area contributed by atoms with Gasteiger partial charge in [-0.2, -0.15) is 0 Å². The van der Waals surface area contributed by atoms with Crippen LogP contribution < -0.4 is 15.1 Å². The molecule has 212 valence electrons. The molecular weight excluding hydrogens is 520 g/mol. The van der Waals surface area contributed by atoms with Crippen LogP contribution in [0, 0.1) is 5.92 Å². The highest BCUT2D eigenvalue weighted by molar-refractivity contribution is 6.04. The van der Waals surface area contributed by atoms with Crippen molar-refractivity contribution in [3.05, 3.63) is 46.8 Å². The van der Waals surface area contributed by atoms with Gasteiger partial charge in [0, 0.05) is 22.8 Å². The van der Waals surface area contributed by atoms with Crippen LogP contribution in [0.1, 0.15) is 6.92 Å². The molecule has 2 fully saturated rings. The second kappa shape index (κ2) is 11.0. The number of benzene rings is 2. The van der Waals surface area contributed by atoms with Gasteiger partial charge < -0.3 is 59.1 Å². The van der Waals surface area contributed by atoms with Crippen molar-refractivity contribution < 1.29 is 59.1 Å². The zero-order chi connectivity index (χ0) is 28.0. The summed E-state index contributed by atoms with van der Waals surface area (Å²) >= 11 is 0. The summed E-state index contributed by atoms with van der Waals surface area (Å²) in [6.07, 6.45) is -11.9. The highest BCUT2D eigenvalue weighted by Gasteiger charge is 2.45. The van der Waals surface area contributed by atoms with Gasteiger partial charge in [0.15, 0.2) is 0 Å². The number of ether oxygens (including phenoxy) is 4. The summed E-state index contributed by atoms with van der Waals surface area (Å²) in [4.78, 5) is 12.8. The van der Waals surface area contributed by atoms with E-state index >= 15 is 0 Å². The van der Waals surface area contributed by atoms with E-state index in [0.29, 0.717) is 10.8 Å². The summed E-state index contributed by atoms with van der Waals surface area (Å²) in [6.45, 7) is 0.657. The summed E-state index contributed by atoms with van der Waals surface area (Å²) in [5, 5.41) is 70.8. The summed E-state index contributed by atoms with van der Waals surface area (Å²) < 4.78 is 27.7. The minimum Gasteiger partial charge on any atom is -0.462 e. The quantitative estimate of drug-likeness (QED) is 0.139. The zero-order valence-electron chi connectivity index (χ0n) is 20.7. The highest BCUT2D eigenvalue weighted by atomic mass is 16.7. The van der Waals surface area contributed by atoms with Crippen molar-refractivity contribution in [1.82, 2.24) is 0 Å². The molecule has 0 spiro atoms. The molecule has 13 heteroatoms. The predicted molar refractivity (Wildman–Crippen MR) is 132 cm³/mol. The molecule has 0 bridgehead atoms. The van der Waals surface area contributed by atoms with Crippen LogP contribution in [0.3, 0.4) is 0 Å². The van der Waals surface area contributed by atoms with E-state index in [1.54, 1.807) is 25.1 Å². The van der Waals surface area contributed by atoms with Crippen molar-refractivity contribution in [2.45, 2.75) is 62.2 Å². The zero-order valence-corrected chi connectivity index (χ0v) is 20.7. The van der Waals surface area contributed by atoms with Gasteiger partial charge in [0.25, 0.3) is 0 Å². The topological polar surface area (TPSA) is 209 Å². The Bertz CT molecular complexity index is 1370. The molecule has 0 radical (unpaired) electrons. The van der Waals surface area contributed by atoms with E-state index in [0.717, 1.165) is 0 Å². The van der Waals surface area contributed by atoms with Crippen molar-refractivity contribution in [2.24, 2.45) is 5.92 Å². The lowest BCUT2D eigenvalue weighted by Gasteiger charge is -2.40. The Morgan fingerprint density at radius 1 is 0.692 bits per heavy atom. The molecule has 0 aliphatic carbocycles. The van der Waals surface area contributed by atoms with Crippen molar-refractivity contribution in [1.29, 1.82) is 0 Å². The molecule has 0 amide bonds. The van der Waals surface area contributed by atoms with Crippen LogP contribution in [0.5, 0.6) is 11.5 Å². The Balaban J connectivity index is 1.40. The molecule has 2 aliphatic rings. The fourth-order valence-corrected chi connectivity index (χ4v) is 4.85. The van der Waals surface area contributed by atoms with Crippen molar-refractivity contribution in [3.63, 3.8) is 0 Å². The first-order valence-corrected chi connectivity index (χ1v) is 12.4. The molecule has 2 aliphatic heterocycles. The molecule has 13 nitrogen and oxygen atoms in total. The molecule has 3 heterocycles. The predicted octanol–water partition coefficient (Wildman–Crippen LogP) is -1.42. The fourth-order valence-electron chi connectivity index (χ4n) is 4.85. The second-order valence-electron chi connectivity index (χ2n) is 9.75. The maximum Gasteiger partial charge on any atom is 0.344 e. The van der Waals surface area contributed by atoms with Gasteiger partial charge in [0.2, 0.25) is 12.6 Å². The smallest absolute Gasteiger partial charge is 0.344 e. The normalized spacial score (nSPS) is 35.3. The Morgan fingerprint density at radius 2 is 1.26 bits per heavy atom. The van der Waals surface area contributed by atoms with Crippen molar-refractivity contribution in [2.75, 3.05) is 13.2 Å². The Labute approximate surface area is 221 Å². The number of aliphatic hydroxyl groups excluding tert-OH is 7. The average molecular weight is 551 g/mol. The number of fused-ring (bicyclic) bond motifs is 3. The maximum absolute atomic E-state index is 12.8. The van der Waals surface area contributed by atoms with Crippen LogP contribution in [0.15, 0.2) is 45.6 Å². The third kappa shape index (κ3) is 5.09. The first-order chi connectivity index (χ1) is 18.6. The number of aliphatic hydroxyl groups is 7. The van der Waals surface area contributed by atoms with E-state index < -0.39 is 73.5 Å². The molecular formula is C26H30O13. The van der Waals surface area contributed by atoms with Gasteiger partial charge in [-0.1, -0.05) is 6.92 Å². The lowest BCUT2D eigenvalue weighted by Crippen LogP contribution is -2.60. The molecule has 5 rings (SSSR count). The van der Waals surface area contributed by atoms with Gasteiger partial charge in [-0.3, -0.25) is 0 Å². The van der Waals surface area contributed by atoms with Crippen LogP contribution in [0.4, 0.5) is 0 Å². The summed E-state index contributed by atoms with van der Waals surface area (Å²) in [6, 6.07) is 9.10. The molecule has 7 N–H and O–H groups in total. The molecule has 2 aromatic carbocycles. The number of rotatable bonds is 6. The van der Waals surface area contributed by atoms with Crippen LogP contribution in [-0.2, 0) is 9.47 Å². The molecule has 0 saturated carbocycles. The van der Waals surface area contributed by atoms with Gasteiger partial charge in [-0.15, -0.1) is 0 Å². The van der Waals surface area contributed by atoms with Crippen molar-refractivity contribution >= 4 is 21.7 Å². The molecule has 10 atom stereocenters.